The number of hydrogen-bond acceptors (Lipinski definition) is 5. The van der Waals surface area contributed by atoms with E-state index in [-0.39, 0.29) is 28.2 Å². The smallest absolute Gasteiger partial charge is 0.244 e. The number of aromatic carboxylic acids is 1. The van der Waals surface area contributed by atoms with Crippen molar-refractivity contribution in [3.05, 3.63) is 23.8 Å². The van der Waals surface area contributed by atoms with Gasteiger partial charge in [0.05, 0.1) is 13.1 Å². The number of methoxy groups -OCH3 is 1. The van der Waals surface area contributed by atoms with Crippen molar-refractivity contribution in [3.63, 3.8) is 0 Å². The van der Waals surface area contributed by atoms with Gasteiger partial charge in [0.1, 0.15) is 10.6 Å². The van der Waals surface area contributed by atoms with Crippen LogP contribution >= 0.6 is 0 Å². The Hall–Kier alpha value is -1.60. The molecule has 0 spiro atoms. The van der Waals surface area contributed by atoms with Crippen LogP contribution in [0.2, 0.25) is 0 Å². The van der Waals surface area contributed by atoms with Gasteiger partial charge in [-0.05, 0) is 42.5 Å². The molecule has 0 radical (unpaired) electrons. The van der Waals surface area contributed by atoms with Gasteiger partial charge in [-0.1, -0.05) is 19.8 Å². The van der Waals surface area contributed by atoms with E-state index in [4.69, 9.17) is 4.74 Å². The van der Waals surface area contributed by atoms with E-state index >= 15 is 0 Å². The molecule has 1 saturated carbocycles. The number of carbonyl (C=O) groups excluding carboxylic acids is 1. The minimum absolute atomic E-state index is 0.112. The molecule has 0 heterocycles. The molecule has 1 fully saturated rings. The highest BCUT2D eigenvalue weighted by Crippen LogP contribution is 2.28. The van der Waals surface area contributed by atoms with E-state index in [9.17, 15) is 18.3 Å². The highest BCUT2D eigenvalue weighted by atomic mass is 32.2. The molecule has 0 saturated heterocycles. The Morgan fingerprint density at radius 2 is 2.00 bits per heavy atom. The molecule has 2 rings (SSSR count). The molecule has 7 heteroatoms. The standard InChI is InChI=1S/C15H21NO5S/c1-10-5-3-4-6-12(10)16-22(19,20)14-9-11(15(17)18)7-8-13(14)21-2/h7-10,12,16H,3-6H2,1-2H3,(H,17,18)/p-1/t10-,12+/m1/s1. The average Bonchev–Trinajstić information content (AvgIpc) is 2.48. The van der Waals surface area contributed by atoms with E-state index in [2.05, 4.69) is 4.72 Å². The summed E-state index contributed by atoms with van der Waals surface area (Å²) in [5.41, 5.74) is -0.196. The van der Waals surface area contributed by atoms with Crippen LogP contribution in [0.3, 0.4) is 0 Å². The Morgan fingerprint density at radius 3 is 2.59 bits per heavy atom. The molecule has 0 aliphatic heterocycles. The topological polar surface area (TPSA) is 95.5 Å². The van der Waals surface area contributed by atoms with Crippen molar-refractivity contribution >= 4 is 16.0 Å². The van der Waals surface area contributed by atoms with Gasteiger partial charge in [0.15, 0.2) is 0 Å². The first kappa shape index (κ1) is 16.8. The fourth-order valence-electron chi connectivity index (χ4n) is 2.77. The minimum Gasteiger partial charge on any atom is -0.545 e. The molecule has 122 valence electrons. The third-order valence-corrected chi connectivity index (χ3v) is 5.62. The lowest BCUT2D eigenvalue weighted by Gasteiger charge is -2.29. The molecule has 0 amide bonds. The SMILES string of the molecule is COc1ccc(C(=O)[O-])cc1S(=O)(=O)N[C@H]1CCCC[C@H]1C. The van der Waals surface area contributed by atoms with E-state index < -0.39 is 16.0 Å². The van der Waals surface area contributed by atoms with E-state index in [1.54, 1.807) is 0 Å². The van der Waals surface area contributed by atoms with Crippen molar-refractivity contribution < 1.29 is 23.1 Å². The molecule has 0 aromatic heterocycles. The third kappa shape index (κ3) is 3.59. The molecule has 1 aliphatic carbocycles. The largest absolute Gasteiger partial charge is 0.545 e. The molecule has 1 N–H and O–H groups in total. The quantitative estimate of drug-likeness (QED) is 0.868. The Morgan fingerprint density at radius 1 is 1.32 bits per heavy atom. The zero-order chi connectivity index (χ0) is 16.3. The van der Waals surface area contributed by atoms with E-state index in [1.165, 1.54) is 19.2 Å². The fraction of sp³-hybridized carbons (Fsp3) is 0.533. The summed E-state index contributed by atoms with van der Waals surface area (Å²) in [5.74, 6) is -1.06. The molecular formula is C15H20NO5S-. The van der Waals surface area contributed by atoms with Crippen molar-refractivity contribution in [2.45, 2.75) is 43.5 Å². The summed E-state index contributed by atoms with van der Waals surface area (Å²) in [6.45, 7) is 2.02. The van der Waals surface area contributed by atoms with Crippen molar-refractivity contribution in [3.8, 4) is 5.75 Å². The van der Waals surface area contributed by atoms with Gasteiger partial charge >= 0.3 is 0 Å². The van der Waals surface area contributed by atoms with Crippen LogP contribution in [-0.4, -0.2) is 27.5 Å². The number of sulfonamides is 1. The van der Waals surface area contributed by atoms with Crippen LogP contribution in [0.4, 0.5) is 0 Å². The average molecular weight is 326 g/mol. The highest BCUT2D eigenvalue weighted by molar-refractivity contribution is 7.89. The lowest BCUT2D eigenvalue weighted by atomic mass is 9.87. The second kappa shape index (κ2) is 6.66. The maximum Gasteiger partial charge on any atom is 0.244 e. The summed E-state index contributed by atoms with van der Waals surface area (Å²) in [6.07, 6.45) is 3.84. The number of carboxylic acids is 1. The van der Waals surface area contributed by atoms with Gasteiger partial charge in [0, 0.05) is 6.04 Å². The van der Waals surface area contributed by atoms with Crippen LogP contribution < -0.4 is 14.6 Å². The molecular weight excluding hydrogens is 306 g/mol. The van der Waals surface area contributed by atoms with Crippen molar-refractivity contribution in [2.24, 2.45) is 5.92 Å². The second-order valence-corrected chi connectivity index (χ2v) is 7.33. The molecule has 2 atom stereocenters. The number of carbonyl (C=O) groups is 1. The normalized spacial score (nSPS) is 22.3. The number of carboxylic acid groups (broad SMARTS) is 1. The van der Waals surface area contributed by atoms with Crippen LogP contribution in [-0.2, 0) is 10.0 Å². The maximum atomic E-state index is 12.6. The minimum atomic E-state index is -3.86. The summed E-state index contributed by atoms with van der Waals surface area (Å²) < 4.78 is 32.9. The lowest BCUT2D eigenvalue weighted by molar-refractivity contribution is -0.255. The van der Waals surface area contributed by atoms with E-state index in [1.807, 2.05) is 6.92 Å². The van der Waals surface area contributed by atoms with Crippen LogP contribution in [0.1, 0.15) is 43.0 Å². The number of benzene rings is 1. The molecule has 1 aliphatic rings. The lowest BCUT2D eigenvalue weighted by Crippen LogP contribution is -2.41. The van der Waals surface area contributed by atoms with Crippen LogP contribution in [0.15, 0.2) is 23.1 Å². The van der Waals surface area contributed by atoms with Gasteiger partial charge in [-0.3, -0.25) is 0 Å². The number of nitrogens with one attached hydrogen (secondary N) is 1. The van der Waals surface area contributed by atoms with E-state index in [0.717, 1.165) is 31.7 Å². The fourth-order valence-corrected chi connectivity index (χ4v) is 4.34. The zero-order valence-corrected chi connectivity index (χ0v) is 13.5. The molecule has 0 unspecified atom stereocenters. The summed E-state index contributed by atoms with van der Waals surface area (Å²) in [4.78, 5) is 10.8. The predicted octanol–water partition coefficient (Wildman–Crippen LogP) is 0.916. The Balaban J connectivity index is 2.35. The number of hydrogen-bond donors (Lipinski definition) is 1. The van der Waals surface area contributed by atoms with Gasteiger partial charge < -0.3 is 14.6 Å². The first-order valence-corrected chi connectivity index (χ1v) is 8.75. The molecule has 22 heavy (non-hydrogen) atoms. The van der Waals surface area contributed by atoms with Gasteiger partial charge in [-0.15, -0.1) is 0 Å². The van der Waals surface area contributed by atoms with Crippen LogP contribution in [0.25, 0.3) is 0 Å². The third-order valence-electron chi connectivity index (χ3n) is 4.11. The van der Waals surface area contributed by atoms with Crippen molar-refractivity contribution in [1.29, 1.82) is 0 Å². The first-order chi connectivity index (χ1) is 10.3. The van der Waals surface area contributed by atoms with Gasteiger partial charge in [-0.25, -0.2) is 13.1 Å². The van der Waals surface area contributed by atoms with Gasteiger partial charge in [-0.2, -0.15) is 0 Å². The summed E-state index contributed by atoms with van der Waals surface area (Å²) in [7, 11) is -2.51. The van der Waals surface area contributed by atoms with Gasteiger partial charge in [0.2, 0.25) is 10.0 Å². The molecule has 1 aromatic rings. The van der Waals surface area contributed by atoms with Crippen molar-refractivity contribution in [2.75, 3.05) is 7.11 Å². The van der Waals surface area contributed by atoms with Crippen LogP contribution in [0.5, 0.6) is 5.75 Å². The highest BCUT2D eigenvalue weighted by Gasteiger charge is 2.28. The van der Waals surface area contributed by atoms with Crippen molar-refractivity contribution in [1.82, 2.24) is 4.72 Å². The molecule has 0 bridgehead atoms. The summed E-state index contributed by atoms with van der Waals surface area (Å²) >= 11 is 0. The maximum absolute atomic E-state index is 12.6. The number of rotatable bonds is 5. The molecule has 6 nitrogen and oxygen atoms in total. The van der Waals surface area contributed by atoms with Crippen LogP contribution in [0, 0.1) is 5.92 Å². The molecule has 1 aromatic carbocycles. The number of ether oxygens (including phenoxy) is 1. The second-order valence-electron chi connectivity index (χ2n) is 5.64. The Labute approximate surface area is 130 Å². The summed E-state index contributed by atoms with van der Waals surface area (Å²) in [6, 6.07) is 3.51. The van der Waals surface area contributed by atoms with Gasteiger partial charge in [0.25, 0.3) is 0 Å². The predicted molar refractivity (Wildman–Crippen MR) is 79.1 cm³/mol. The first-order valence-electron chi connectivity index (χ1n) is 7.27. The Bertz CT molecular complexity index is 656. The monoisotopic (exact) mass is 326 g/mol. The Kier molecular flexibility index (Phi) is 5.08. The summed E-state index contributed by atoms with van der Waals surface area (Å²) in [5, 5.41) is 11.0. The zero-order valence-electron chi connectivity index (χ0n) is 12.7. The van der Waals surface area contributed by atoms with E-state index in [0.29, 0.717) is 0 Å².